The van der Waals surface area contributed by atoms with Crippen LogP contribution < -0.4 is 5.32 Å². The average Bonchev–Trinajstić information content (AvgIpc) is 3.92. The van der Waals surface area contributed by atoms with E-state index < -0.39 is 6.10 Å². The smallest absolute Gasteiger partial charge is 0.169 e. The Balaban J connectivity index is 0.997. The van der Waals surface area contributed by atoms with Gasteiger partial charge < -0.3 is 36.0 Å². The molecule has 0 unspecified atom stereocenters. The lowest BCUT2D eigenvalue weighted by Gasteiger charge is -2.63. The minimum absolute atomic E-state index is 0.0419. The van der Waals surface area contributed by atoms with Gasteiger partial charge in [-0.15, -0.1) is 0 Å². The van der Waals surface area contributed by atoms with E-state index in [9.17, 15) is 30.6 Å². The molecule has 312 valence electrons. The van der Waals surface area contributed by atoms with E-state index in [0.29, 0.717) is 65.9 Å². The van der Waals surface area contributed by atoms with Gasteiger partial charge in [0.15, 0.2) is 23.0 Å². The number of unbranched alkanes of at least 4 members (excludes halogenated alkanes) is 2. The highest BCUT2D eigenvalue weighted by atomic mass is 16.3. The molecule has 2 saturated carbocycles. The van der Waals surface area contributed by atoms with Crippen LogP contribution in [-0.2, 0) is 25.8 Å². The number of aliphatic imine (C=N–C) groups is 2. The van der Waals surface area contributed by atoms with E-state index >= 15 is 0 Å². The zero-order valence-corrected chi connectivity index (χ0v) is 34.4. The largest absolute Gasteiger partial charge is 0.507 e. The van der Waals surface area contributed by atoms with Gasteiger partial charge in [-0.1, -0.05) is 92.6 Å². The fourth-order valence-electron chi connectivity index (χ4n) is 12.1. The summed E-state index contributed by atoms with van der Waals surface area (Å²) in [6, 6.07) is 16.2. The lowest BCUT2D eigenvalue weighted by atomic mass is 9.42. The molecule has 2 fully saturated rings. The molecule has 0 aromatic heterocycles. The molecular formula is C51H57N3O6. The Morgan fingerprint density at radius 1 is 0.783 bits per heavy atom. The summed E-state index contributed by atoms with van der Waals surface area (Å²) in [6.07, 6.45) is 24.1. The molecule has 7 N–H and O–H groups in total. The Morgan fingerprint density at radius 3 is 2.40 bits per heavy atom. The molecule has 7 atom stereocenters. The number of benzene rings is 4. The number of phenols is 5. The molecule has 1 heterocycles. The monoisotopic (exact) mass is 807 g/mol. The highest BCUT2D eigenvalue weighted by Gasteiger charge is 2.67. The van der Waals surface area contributed by atoms with Crippen molar-refractivity contribution in [1.82, 2.24) is 5.32 Å². The molecule has 4 aromatic rings. The lowest BCUT2D eigenvalue weighted by Crippen LogP contribution is -2.64. The number of phenolic OH excluding ortho intramolecular Hbond substituents is 5. The summed E-state index contributed by atoms with van der Waals surface area (Å²) >= 11 is 0. The normalized spacial score (nSPS) is 27.6. The van der Waals surface area contributed by atoms with E-state index in [1.165, 1.54) is 42.2 Å². The lowest BCUT2D eigenvalue weighted by molar-refractivity contribution is -0.108. The highest BCUT2D eigenvalue weighted by Crippen LogP contribution is 2.70. The number of aliphatic hydroxyl groups excluding tert-OH is 1. The number of hydrogen-bond acceptors (Lipinski definition) is 9. The first-order valence-corrected chi connectivity index (χ1v) is 21.9. The number of hydrogen-bond donors (Lipinski definition) is 7. The van der Waals surface area contributed by atoms with E-state index in [0.717, 1.165) is 56.3 Å². The average molecular weight is 808 g/mol. The molecule has 9 nitrogen and oxygen atoms in total. The Hall–Kier alpha value is -5.38. The second kappa shape index (κ2) is 16.2. The quantitative estimate of drug-likeness (QED) is 0.0290. The van der Waals surface area contributed by atoms with Crippen LogP contribution in [0, 0.1) is 34.5 Å². The van der Waals surface area contributed by atoms with Crippen LogP contribution in [-0.4, -0.2) is 61.9 Å². The number of aliphatic hydroxyl groups is 1. The second-order valence-electron chi connectivity index (χ2n) is 18.0. The Bertz CT molecular complexity index is 2440. The van der Waals surface area contributed by atoms with Crippen molar-refractivity contribution in [1.29, 1.82) is 0 Å². The van der Waals surface area contributed by atoms with Crippen LogP contribution in [0.2, 0.25) is 0 Å². The van der Waals surface area contributed by atoms with Gasteiger partial charge in [0, 0.05) is 36.2 Å². The number of fused-ring (bicyclic) bond motifs is 2. The van der Waals surface area contributed by atoms with Crippen molar-refractivity contribution in [2.75, 3.05) is 13.2 Å². The molecule has 0 amide bonds. The Labute approximate surface area is 352 Å². The minimum atomic E-state index is -0.524. The standard InChI is InChI=1S/C51H57N3O6/c1-2-3-4-6-34-23-31(12-20-40-38(19-11-32-13-21-41(55)44(58)24-32)39-7-5-8-42(56)46(39)48(60)47(40)59)9-14-35(34)27-52-29-50(45-28-53-30-54-45)25-33-10-15-36-16-17-37-18-22-43(57)49(50)51(36,37)26-33/h5,7-11,13-15,18-19,21-24,28,33,36-37,43,49,52,55-60H,2-4,6,12,16-17,20,25-27,29-30H2,1H3/t33-,36+,37+,43+,49+,50+,51-/m1/s1. The van der Waals surface area contributed by atoms with Crippen molar-refractivity contribution in [3.63, 3.8) is 0 Å². The summed E-state index contributed by atoms with van der Waals surface area (Å²) in [5, 5.41) is 69.9. The van der Waals surface area contributed by atoms with Gasteiger partial charge >= 0.3 is 0 Å². The molecule has 2 bridgehead atoms. The summed E-state index contributed by atoms with van der Waals surface area (Å²) in [5.41, 5.74) is 6.25. The molecule has 4 aliphatic carbocycles. The zero-order valence-electron chi connectivity index (χ0n) is 34.4. The number of allylic oxidation sites excluding steroid dienone is 3. The molecule has 0 radical (unpaired) electrons. The van der Waals surface area contributed by atoms with Gasteiger partial charge in [0.25, 0.3) is 0 Å². The molecular weight excluding hydrogens is 751 g/mol. The highest BCUT2D eigenvalue weighted by molar-refractivity contribution is 6.34. The number of nitrogens with zero attached hydrogens (tertiary/aromatic N) is 2. The zero-order chi connectivity index (χ0) is 41.6. The van der Waals surface area contributed by atoms with Crippen molar-refractivity contribution < 1.29 is 30.6 Å². The number of aromatic hydroxyl groups is 5. The fourth-order valence-corrected chi connectivity index (χ4v) is 12.1. The molecule has 4 aromatic carbocycles. The van der Waals surface area contributed by atoms with Crippen LogP contribution in [0.3, 0.4) is 0 Å². The third kappa shape index (κ3) is 6.89. The van der Waals surface area contributed by atoms with Crippen molar-refractivity contribution >= 4 is 34.9 Å². The maximum absolute atomic E-state index is 11.9. The number of nitrogens with one attached hydrogen (secondary N) is 1. The molecule has 5 aliphatic rings. The van der Waals surface area contributed by atoms with Gasteiger partial charge in [-0.25, -0.2) is 0 Å². The SMILES string of the molecule is CCCCCc1cc(CCc2c(O)c(O)c3c(O)cccc3c2C=Cc2ccc(O)c(O)c2)ccc1CNC[C@]1(C2=NCN=C2)C[C@H]2C=C[C@H]3CC[C@H]4C=C[C@H](O)[C@@H]1[C@@]43C2. The summed E-state index contributed by atoms with van der Waals surface area (Å²) in [6.45, 7) is 4.09. The predicted molar refractivity (Wildman–Crippen MR) is 239 cm³/mol. The molecule has 9 heteroatoms. The summed E-state index contributed by atoms with van der Waals surface area (Å²) in [4.78, 5) is 9.59. The topological polar surface area (TPSA) is 158 Å². The summed E-state index contributed by atoms with van der Waals surface area (Å²) < 4.78 is 0. The molecule has 9 rings (SSSR count). The van der Waals surface area contributed by atoms with E-state index in [1.54, 1.807) is 18.2 Å². The first-order valence-electron chi connectivity index (χ1n) is 21.9. The molecule has 1 spiro atoms. The maximum atomic E-state index is 11.9. The van der Waals surface area contributed by atoms with Crippen molar-refractivity contribution in [3.8, 4) is 28.7 Å². The minimum Gasteiger partial charge on any atom is -0.507 e. The summed E-state index contributed by atoms with van der Waals surface area (Å²) in [7, 11) is 0. The van der Waals surface area contributed by atoms with Crippen LogP contribution >= 0.6 is 0 Å². The molecule has 60 heavy (non-hydrogen) atoms. The van der Waals surface area contributed by atoms with Crippen LogP contribution in [0.15, 0.2) is 88.9 Å². The first-order chi connectivity index (χ1) is 29.1. The van der Waals surface area contributed by atoms with Gasteiger partial charge in [0.1, 0.15) is 12.4 Å². The third-order valence-electron chi connectivity index (χ3n) is 14.7. The van der Waals surface area contributed by atoms with Gasteiger partial charge in [-0.05, 0) is 126 Å². The van der Waals surface area contributed by atoms with Gasteiger partial charge in [0.2, 0.25) is 0 Å². The van der Waals surface area contributed by atoms with E-state index in [2.05, 4.69) is 59.7 Å². The maximum Gasteiger partial charge on any atom is 0.169 e. The number of rotatable bonds is 14. The molecule has 0 saturated heterocycles. The Kier molecular flexibility index (Phi) is 10.8. The van der Waals surface area contributed by atoms with Crippen LogP contribution in [0.1, 0.15) is 85.3 Å². The van der Waals surface area contributed by atoms with Crippen molar-refractivity contribution in [3.05, 3.63) is 112 Å². The summed E-state index contributed by atoms with van der Waals surface area (Å²) in [5.74, 6) is 0.244. The first kappa shape index (κ1) is 40.0. The van der Waals surface area contributed by atoms with E-state index in [-0.39, 0.29) is 50.9 Å². The van der Waals surface area contributed by atoms with Crippen LogP contribution in [0.25, 0.3) is 22.9 Å². The van der Waals surface area contributed by atoms with Gasteiger partial charge in [-0.2, -0.15) is 0 Å². The van der Waals surface area contributed by atoms with Crippen molar-refractivity contribution in [2.45, 2.75) is 83.8 Å². The van der Waals surface area contributed by atoms with Crippen LogP contribution in [0.4, 0.5) is 0 Å². The third-order valence-corrected chi connectivity index (χ3v) is 14.7. The van der Waals surface area contributed by atoms with Crippen molar-refractivity contribution in [2.24, 2.45) is 44.5 Å². The van der Waals surface area contributed by atoms with Crippen LogP contribution in [0.5, 0.6) is 28.7 Å². The molecule has 1 aliphatic heterocycles. The van der Waals surface area contributed by atoms with E-state index in [1.807, 2.05) is 18.4 Å². The Morgan fingerprint density at radius 2 is 1.62 bits per heavy atom. The van der Waals surface area contributed by atoms with Gasteiger partial charge in [0.05, 0.1) is 17.2 Å². The fraction of sp³-hybridized carbons (Fsp3) is 0.412. The van der Waals surface area contributed by atoms with Gasteiger partial charge in [-0.3, -0.25) is 9.98 Å². The van der Waals surface area contributed by atoms with E-state index in [4.69, 9.17) is 4.99 Å². The predicted octanol–water partition coefficient (Wildman–Crippen LogP) is 9.15. The second-order valence-corrected chi connectivity index (χ2v) is 18.0. The number of aryl methyl sites for hydroxylation is 2.